The van der Waals surface area contributed by atoms with Crippen molar-refractivity contribution < 1.29 is 28.5 Å². The second-order valence-corrected chi connectivity index (χ2v) is 8.96. The number of imidazole rings is 1. The Kier molecular flexibility index (Phi) is 5.85. The largest absolute Gasteiger partial charge is 0.387 e. The summed E-state index contributed by atoms with van der Waals surface area (Å²) in [5.74, 6) is -3.01. The fourth-order valence-electron chi connectivity index (χ4n) is 3.91. The molecule has 3 aromatic heterocycles. The molecule has 4 heterocycles. The van der Waals surface area contributed by atoms with Crippen molar-refractivity contribution in [2.24, 2.45) is 5.92 Å². The molecule has 13 nitrogen and oxygen atoms in total. The van der Waals surface area contributed by atoms with Gasteiger partial charge >= 0.3 is 0 Å². The topological polar surface area (TPSA) is 165 Å². The highest BCUT2D eigenvalue weighted by Gasteiger charge is 2.47. The molecular formula is C20H25F2N9O4. The Morgan fingerprint density at radius 1 is 1.29 bits per heavy atom. The van der Waals surface area contributed by atoms with Gasteiger partial charge in [0.1, 0.15) is 12.2 Å². The molecule has 0 unspecified atom stereocenters. The zero-order valence-electron chi connectivity index (χ0n) is 19.0. The molecule has 4 atom stereocenters. The van der Waals surface area contributed by atoms with Gasteiger partial charge in [-0.2, -0.15) is 14.6 Å². The summed E-state index contributed by atoms with van der Waals surface area (Å²) in [4.78, 5) is 25.0. The van der Waals surface area contributed by atoms with Gasteiger partial charge in [-0.1, -0.05) is 5.21 Å². The molecule has 0 spiro atoms. The van der Waals surface area contributed by atoms with Crippen LogP contribution in [0.5, 0.6) is 0 Å². The van der Waals surface area contributed by atoms with Crippen LogP contribution in [-0.2, 0) is 16.0 Å². The molecule has 2 aliphatic rings. The highest BCUT2D eigenvalue weighted by atomic mass is 19.3. The zero-order chi connectivity index (χ0) is 24.9. The Labute approximate surface area is 197 Å². The van der Waals surface area contributed by atoms with Crippen LogP contribution in [-0.4, -0.2) is 88.5 Å². The van der Waals surface area contributed by atoms with Gasteiger partial charge in [-0.3, -0.25) is 9.36 Å². The Bertz CT molecular complexity index is 1240. The second kappa shape index (κ2) is 8.73. The number of hydrogen-bond acceptors (Lipinski definition) is 10. The highest BCUT2D eigenvalue weighted by Crippen LogP contribution is 2.34. The minimum absolute atomic E-state index is 0.0143. The molecule has 15 heteroatoms. The van der Waals surface area contributed by atoms with Gasteiger partial charge in [0.05, 0.1) is 24.8 Å². The third-order valence-electron chi connectivity index (χ3n) is 5.93. The monoisotopic (exact) mass is 493 g/mol. The number of carbonyl (C=O) groups is 1. The molecule has 3 aromatic rings. The maximum atomic E-state index is 13.6. The smallest absolute Gasteiger partial charge is 0.262 e. The summed E-state index contributed by atoms with van der Waals surface area (Å²) in [6, 6.07) is 0. The lowest BCUT2D eigenvalue weighted by atomic mass is 10.1. The van der Waals surface area contributed by atoms with E-state index in [0.29, 0.717) is 5.92 Å². The van der Waals surface area contributed by atoms with Crippen LogP contribution in [0.3, 0.4) is 0 Å². The van der Waals surface area contributed by atoms with Gasteiger partial charge in [-0.25, -0.2) is 13.8 Å². The Morgan fingerprint density at radius 2 is 2.06 bits per heavy atom. The van der Waals surface area contributed by atoms with E-state index in [1.54, 1.807) is 6.20 Å². The van der Waals surface area contributed by atoms with Gasteiger partial charge in [0, 0.05) is 14.0 Å². The van der Waals surface area contributed by atoms with Crippen molar-refractivity contribution in [3.8, 4) is 5.95 Å². The Hall–Kier alpha value is -3.30. The van der Waals surface area contributed by atoms with Crippen molar-refractivity contribution in [1.82, 2.24) is 39.8 Å². The van der Waals surface area contributed by atoms with Gasteiger partial charge < -0.3 is 25.6 Å². The molecule has 2 fully saturated rings. The number of aromatic nitrogens is 7. The van der Waals surface area contributed by atoms with Crippen LogP contribution in [0.15, 0.2) is 12.5 Å². The number of alkyl halides is 2. The van der Waals surface area contributed by atoms with Crippen molar-refractivity contribution in [1.29, 1.82) is 0 Å². The maximum absolute atomic E-state index is 13.6. The fourth-order valence-corrected chi connectivity index (χ4v) is 3.91. The number of likely N-dealkylation sites (N-methyl/N-ethyl adjacent to an activating group) is 1. The number of ether oxygens (including phenoxy) is 1. The van der Waals surface area contributed by atoms with Gasteiger partial charge in [-0.05, 0) is 25.2 Å². The van der Waals surface area contributed by atoms with Crippen molar-refractivity contribution in [3.63, 3.8) is 0 Å². The van der Waals surface area contributed by atoms with Crippen LogP contribution in [0.4, 0.5) is 14.6 Å². The molecule has 1 saturated heterocycles. The fraction of sp³-hybridized carbons (Fsp3) is 0.600. The predicted octanol–water partition coefficient (Wildman–Crippen LogP) is -0.208. The number of nitrogens with zero attached hydrogens (tertiary/aromatic N) is 7. The standard InChI is InChI=1S/C20H25F2N9O4/c1-20(21,22)7-24-15-11-16(27-19(26-15)31-6-10(28-29-31)5-9-3-4-9)30(8-25-11)18-13(33)12(32)14(35-18)17(34)23-2/h6,8-9,12-14,18,32-33H,3-5,7H2,1-2H3,(H,23,34)(H,24,26,27)/t12-,13+,14-,18+/m0/s1. The number of aliphatic hydroxyl groups excluding tert-OH is 2. The molecule has 1 amide bonds. The molecule has 1 aliphatic carbocycles. The summed E-state index contributed by atoms with van der Waals surface area (Å²) in [6.07, 6.45) is 0.457. The van der Waals surface area contributed by atoms with Crippen molar-refractivity contribution in [2.45, 2.75) is 56.6 Å². The van der Waals surface area contributed by atoms with Crippen LogP contribution in [0.25, 0.3) is 17.1 Å². The molecule has 0 bridgehead atoms. The quantitative estimate of drug-likeness (QED) is 0.330. The van der Waals surface area contributed by atoms with E-state index >= 15 is 0 Å². The summed E-state index contributed by atoms with van der Waals surface area (Å²) in [7, 11) is 1.38. The molecule has 5 rings (SSSR count). The average molecular weight is 493 g/mol. The van der Waals surface area contributed by atoms with Gasteiger partial charge in [-0.15, -0.1) is 5.10 Å². The highest BCUT2D eigenvalue weighted by molar-refractivity contribution is 5.84. The average Bonchev–Trinajstić information content (AvgIpc) is 3.21. The van der Waals surface area contributed by atoms with E-state index in [1.165, 1.54) is 22.6 Å². The minimum atomic E-state index is -3.03. The number of halogens is 2. The molecule has 4 N–H and O–H groups in total. The maximum Gasteiger partial charge on any atom is 0.262 e. The summed E-state index contributed by atoms with van der Waals surface area (Å²) in [5, 5.41) is 34.1. The normalized spacial score (nSPS) is 24.7. The van der Waals surface area contributed by atoms with E-state index in [2.05, 4.69) is 35.9 Å². The van der Waals surface area contributed by atoms with Gasteiger partial charge in [0.15, 0.2) is 29.3 Å². The Balaban J connectivity index is 1.55. The van der Waals surface area contributed by atoms with E-state index in [1.807, 2.05) is 0 Å². The number of anilines is 1. The lowest BCUT2D eigenvalue weighted by molar-refractivity contribution is -0.137. The lowest BCUT2D eigenvalue weighted by Gasteiger charge is -2.17. The van der Waals surface area contributed by atoms with E-state index in [9.17, 15) is 23.8 Å². The molecule has 188 valence electrons. The van der Waals surface area contributed by atoms with E-state index in [4.69, 9.17) is 4.74 Å². The first-order valence-corrected chi connectivity index (χ1v) is 11.2. The zero-order valence-corrected chi connectivity index (χ0v) is 19.0. The molecule has 0 radical (unpaired) electrons. The third kappa shape index (κ3) is 4.66. The van der Waals surface area contributed by atoms with Crippen LogP contribution >= 0.6 is 0 Å². The van der Waals surface area contributed by atoms with Crippen LogP contribution in [0.2, 0.25) is 0 Å². The van der Waals surface area contributed by atoms with E-state index in [-0.39, 0.29) is 22.9 Å². The predicted molar refractivity (Wildman–Crippen MR) is 116 cm³/mol. The lowest BCUT2D eigenvalue weighted by Crippen LogP contribution is -2.41. The van der Waals surface area contributed by atoms with Crippen LogP contribution < -0.4 is 10.6 Å². The van der Waals surface area contributed by atoms with Crippen LogP contribution in [0, 0.1) is 5.92 Å². The first-order valence-electron chi connectivity index (χ1n) is 11.2. The van der Waals surface area contributed by atoms with Gasteiger partial charge in [0.25, 0.3) is 17.8 Å². The second-order valence-electron chi connectivity index (χ2n) is 8.96. The number of hydrogen-bond donors (Lipinski definition) is 4. The number of carbonyl (C=O) groups excluding carboxylic acids is 1. The molecule has 35 heavy (non-hydrogen) atoms. The molecule has 0 aromatic carbocycles. The van der Waals surface area contributed by atoms with Crippen molar-refractivity contribution in [2.75, 3.05) is 18.9 Å². The molecular weight excluding hydrogens is 468 g/mol. The van der Waals surface area contributed by atoms with E-state index < -0.39 is 42.9 Å². The number of nitrogens with one attached hydrogen (secondary N) is 2. The first-order chi connectivity index (χ1) is 16.6. The number of amides is 1. The third-order valence-corrected chi connectivity index (χ3v) is 5.93. The summed E-state index contributed by atoms with van der Waals surface area (Å²) in [5.41, 5.74) is 1.00. The van der Waals surface area contributed by atoms with Crippen molar-refractivity contribution in [3.05, 3.63) is 18.2 Å². The number of aliphatic hydroxyl groups is 2. The first kappa shape index (κ1) is 23.4. The number of fused-ring (bicyclic) bond motifs is 1. The minimum Gasteiger partial charge on any atom is -0.387 e. The molecule has 1 aliphatic heterocycles. The number of rotatable bonds is 8. The summed E-state index contributed by atoms with van der Waals surface area (Å²) in [6.45, 7) is 0.0538. The Morgan fingerprint density at radius 3 is 2.74 bits per heavy atom. The van der Waals surface area contributed by atoms with Crippen LogP contribution in [0.1, 0.15) is 31.7 Å². The summed E-state index contributed by atoms with van der Waals surface area (Å²) >= 11 is 0. The SMILES string of the molecule is CNC(=O)[C@H]1O[C@@H](n2cnc3c(NCC(C)(F)F)nc(-n4cc(CC5CC5)nn4)nc32)[C@H](O)[C@@H]1O. The summed E-state index contributed by atoms with van der Waals surface area (Å²) < 4.78 is 35.4. The van der Waals surface area contributed by atoms with Crippen molar-refractivity contribution >= 4 is 22.9 Å². The molecule has 1 saturated carbocycles. The van der Waals surface area contributed by atoms with E-state index in [0.717, 1.165) is 31.9 Å². The van der Waals surface area contributed by atoms with Gasteiger partial charge in [0.2, 0.25) is 0 Å².